The van der Waals surface area contributed by atoms with Crippen LogP contribution in [-0.4, -0.2) is 38.0 Å². The predicted molar refractivity (Wildman–Crippen MR) is 123 cm³/mol. The van der Waals surface area contributed by atoms with E-state index >= 15 is 0 Å². The van der Waals surface area contributed by atoms with Crippen molar-refractivity contribution >= 4 is 17.7 Å². The zero-order valence-corrected chi connectivity index (χ0v) is 18.1. The molecule has 32 heavy (non-hydrogen) atoms. The Hall–Kier alpha value is -3.52. The van der Waals surface area contributed by atoms with Gasteiger partial charge in [0.25, 0.3) is 0 Å². The maximum atomic E-state index is 13.0. The fourth-order valence-corrected chi connectivity index (χ4v) is 3.96. The summed E-state index contributed by atoms with van der Waals surface area (Å²) in [6.45, 7) is 1.08. The van der Waals surface area contributed by atoms with Crippen LogP contribution in [0.5, 0.6) is 0 Å². The van der Waals surface area contributed by atoms with Crippen LogP contribution in [0.4, 0.5) is 4.39 Å². The number of carbonyl (C=O) groups is 1. The van der Waals surface area contributed by atoms with Gasteiger partial charge in [-0.1, -0.05) is 54.2 Å². The van der Waals surface area contributed by atoms with Gasteiger partial charge in [-0.3, -0.25) is 14.3 Å². The second-order valence-corrected chi connectivity index (χ2v) is 8.08. The fraction of sp³-hybridized carbons (Fsp3) is 0.167. The largest absolute Gasteiger partial charge is 0.355 e. The normalized spacial score (nSPS) is 10.8. The molecular weight excluding hydrogens is 425 g/mol. The Morgan fingerprint density at radius 2 is 1.78 bits per heavy atom. The molecule has 0 fully saturated rings. The number of halogens is 1. The molecule has 0 bridgehead atoms. The molecule has 1 N–H and O–H groups in total. The molecule has 6 nitrogen and oxygen atoms in total. The van der Waals surface area contributed by atoms with Crippen molar-refractivity contribution in [1.82, 2.24) is 25.1 Å². The fourth-order valence-electron chi connectivity index (χ4n) is 3.19. The van der Waals surface area contributed by atoms with E-state index in [0.29, 0.717) is 30.5 Å². The van der Waals surface area contributed by atoms with Gasteiger partial charge in [-0.2, -0.15) is 0 Å². The molecule has 2 aromatic heterocycles. The first-order valence-corrected chi connectivity index (χ1v) is 11.2. The van der Waals surface area contributed by atoms with Crippen LogP contribution in [0.15, 0.2) is 84.3 Å². The van der Waals surface area contributed by atoms with Gasteiger partial charge in [-0.05, 0) is 41.8 Å². The van der Waals surface area contributed by atoms with Gasteiger partial charge < -0.3 is 5.32 Å². The molecule has 0 saturated carbocycles. The van der Waals surface area contributed by atoms with Crippen molar-refractivity contribution in [2.24, 2.45) is 0 Å². The Kier molecular flexibility index (Phi) is 7.24. The third-order valence-electron chi connectivity index (χ3n) is 4.80. The van der Waals surface area contributed by atoms with E-state index in [-0.39, 0.29) is 17.5 Å². The molecule has 4 aromatic rings. The summed E-state index contributed by atoms with van der Waals surface area (Å²) >= 11 is 1.35. The molecule has 0 atom stereocenters. The van der Waals surface area contributed by atoms with E-state index in [0.717, 1.165) is 16.7 Å². The summed E-state index contributed by atoms with van der Waals surface area (Å²) < 4.78 is 15.0. The standard InChI is InChI=1S/C24H22FN5OS/c25-21-10-8-18(9-11-21)12-14-27-22(31)17-32-24-29-28-23(20-7-4-13-26-15-20)30(24)16-19-5-2-1-3-6-19/h1-11,13,15H,12,14,16-17H2,(H,27,31). The molecule has 162 valence electrons. The van der Waals surface area contributed by atoms with E-state index in [1.54, 1.807) is 24.5 Å². The second-order valence-electron chi connectivity index (χ2n) is 7.13. The van der Waals surface area contributed by atoms with Crippen molar-refractivity contribution in [3.8, 4) is 11.4 Å². The summed E-state index contributed by atoms with van der Waals surface area (Å²) in [4.78, 5) is 16.5. The Bertz CT molecular complexity index is 1150. The highest BCUT2D eigenvalue weighted by atomic mass is 32.2. The molecule has 0 saturated heterocycles. The summed E-state index contributed by atoms with van der Waals surface area (Å²) in [5, 5.41) is 12.3. The molecule has 8 heteroatoms. The van der Waals surface area contributed by atoms with Gasteiger partial charge in [0.15, 0.2) is 11.0 Å². The lowest BCUT2D eigenvalue weighted by Gasteiger charge is -2.10. The number of amides is 1. The number of hydrogen-bond donors (Lipinski definition) is 1. The van der Waals surface area contributed by atoms with Crippen molar-refractivity contribution in [2.45, 2.75) is 18.1 Å². The van der Waals surface area contributed by atoms with Crippen molar-refractivity contribution in [1.29, 1.82) is 0 Å². The highest BCUT2D eigenvalue weighted by Gasteiger charge is 2.16. The quantitative estimate of drug-likeness (QED) is 0.393. The third-order valence-corrected chi connectivity index (χ3v) is 5.77. The zero-order valence-electron chi connectivity index (χ0n) is 17.3. The average molecular weight is 448 g/mol. The molecule has 0 aliphatic carbocycles. The molecule has 4 rings (SSSR count). The molecule has 2 heterocycles. The van der Waals surface area contributed by atoms with Crippen molar-refractivity contribution in [3.05, 3.63) is 96.1 Å². The maximum absolute atomic E-state index is 13.0. The Labute approximate surface area is 189 Å². The lowest BCUT2D eigenvalue weighted by atomic mass is 10.1. The molecule has 0 spiro atoms. The monoisotopic (exact) mass is 447 g/mol. The number of nitrogens with zero attached hydrogens (tertiary/aromatic N) is 4. The van der Waals surface area contributed by atoms with Crippen LogP contribution in [0.3, 0.4) is 0 Å². The highest BCUT2D eigenvalue weighted by molar-refractivity contribution is 7.99. The predicted octanol–water partition coefficient (Wildman–Crippen LogP) is 3.98. The lowest BCUT2D eigenvalue weighted by Crippen LogP contribution is -2.27. The number of thioether (sulfide) groups is 1. The van der Waals surface area contributed by atoms with Gasteiger partial charge in [-0.25, -0.2) is 4.39 Å². The van der Waals surface area contributed by atoms with E-state index in [9.17, 15) is 9.18 Å². The first-order valence-electron chi connectivity index (χ1n) is 10.2. The summed E-state index contributed by atoms with van der Waals surface area (Å²) in [5.74, 6) is 0.582. The van der Waals surface area contributed by atoms with E-state index in [1.165, 1.54) is 23.9 Å². The van der Waals surface area contributed by atoms with Gasteiger partial charge in [0.1, 0.15) is 5.82 Å². The zero-order chi connectivity index (χ0) is 22.2. The van der Waals surface area contributed by atoms with Crippen LogP contribution >= 0.6 is 11.8 Å². The topological polar surface area (TPSA) is 72.7 Å². The van der Waals surface area contributed by atoms with Gasteiger partial charge >= 0.3 is 0 Å². The second kappa shape index (κ2) is 10.7. The number of aromatic nitrogens is 4. The molecule has 2 aromatic carbocycles. The highest BCUT2D eigenvalue weighted by Crippen LogP contribution is 2.24. The van der Waals surface area contributed by atoms with E-state index in [1.807, 2.05) is 47.0 Å². The average Bonchev–Trinajstić information content (AvgIpc) is 3.22. The van der Waals surface area contributed by atoms with Gasteiger partial charge in [0.05, 0.1) is 12.3 Å². The molecule has 0 radical (unpaired) electrons. The number of rotatable bonds is 9. The molecule has 0 aliphatic rings. The number of nitrogens with one attached hydrogen (secondary N) is 1. The first-order chi connectivity index (χ1) is 15.7. The van der Waals surface area contributed by atoms with Crippen LogP contribution in [0, 0.1) is 5.82 Å². The summed E-state index contributed by atoms with van der Waals surface area (Å²) in [6, 6.07) is 20.1. The minimum atomic E-state index is -0.264. The van der Waals surface area contributed by atoms with Crippen LogP contribution in [-0.2, 0) is 17.8 Å². The molecule has 0 aliphatic heterocycles. The summed E-state index contributed by atoms with van der Waals surface area (Å²) in [5.41, 5.74) is 2.96. The van der Waals surface area contributed by atoms with Crippen molar-refractivity contribution in [2.75, 3.05) is 12.3 Å². The van der Waals surface area contributed by atoms with Crippen molar-refractivity contribution in [3.63, 3.8) is 0 Å². The number of pyridine rings is 1. The maximum Gasteiger partial charge on any atom is 0.230 e. The number of carbonyl (C=O) groups excluding carboxylic acids is 1. The van der Waals surface area contributed by atoms with Gasteiger partial charge in [0, 0.05) is 24.5 Å². The van der Waals surface area contributed by atoms with Gasteiger partial charge in [0.2, 0.25) is 5.91 Å². The van der Waals surface area contributed by atoms with Gasteiger partial charge in [-0.15, -0.1) is 10.2 Å². The van der Waals surface area contributed by atoms with Crippen LogP contribution < -0.4 is 5.32 Å². The van der Waals surface area contributed by atoms with Crippen LogP contribution in [0.25, 0.3) is 11.4 Å². The minimum Gasteiger partial charge on any atom is -0.355 e. The smallest absolute Gasteiger partial charge is 0.230 e. The molecule has 0 unspecified atom stereocenters. The van der Waals surface area contributed by atoms with Crippen LogP contribution in [0.2, 0.25) is 0 Å². The summed E-state index contributed by atoms with van der Waals surface area (Å²) in [6.07, 6.45) is 4.11. The third kappa shape index (κ3) is 5.79. The number of benzene rings is 2. The number of hydrogen-bond acceptors (Lipinski definition) is 5. The summed E-state index contributed by atoms with van der Waals surface area (Å²) in [7, 11) is 0. The Morgan fingerprint density at radius 1 is 0.969 bits per heavy atom. The van der Waals surface area contributed by atoms with E-state index in [2.05, 4.69) is 20.5 Å². The van der Waals surface area contributed by atoms with E-state index in [4.69, 9.17) is 0 Å². The Balaban J connectivity index is 1.40. The van der Waals surface area contributed by atoms with Crippen LogP contribution in [0.1, 0.15) is 11.1 Å². The minimum absolute atomic E-state index is 0.0886. The van der Waals surface area contributed by atoms with Crippen molar-refractivity contribution < 1.29 is 9.18 Å². The molecule has 1 amide bonds. The van der Waals surface area contributed by atoms with E-state index < -0.39 is 0 Å². The SMILES string of the molecule is O=C(CSc1nnc(-c2cccnc2)n1Cc1ccccc1)NCCc1ccc(F)cc1. The Morgan fingerprint density at radius 3 is 2.53 bits per heavy atom. The lowest BCUT2D eigenvalue weighted by molar-refractivity contribution is -0.118. The molecular formula is C24H22FN5OS. The first kappa shape index (κ1) is 21.7.